The lowest BCUT2D eigenvalue weighted by Gasteiger charge is -2.37. The zero-order chi connectivity index (χ0) is 15.5. The molecule has 2 nitrogen and oxygen atoms in total. The van der Waals surface area contributed by atoms with E-state index in [1.807, 2.05) is 0 Å². The van der Waals surface area contributed by atoms with Crippen molar-refractivity contribution < 1.29 is 4.79 Å². The molecule has 2 fully saturated rings. The molecule has 2 unspecified atom stereocenters. The molecule has 3 heteroatoms. The molecule has 0 aromatic heterocycles. The molecule has 2 aliphatic rings. The maximum Gasteiger partial charge on any atom is 0.223 e. The van der Waals surface area contributed by atoms with Gasteiger partial charge in [-0.2, -0.15) is 0 Å². The van der Waals surface area contributed by atoms with Gasteiger partial charge in [-0.3, -0.25) is 4.79 Å². The Morgan fingerprint density at radius 2 is 1.57 bits per heavy atom. The Morgan fingerprint density at radius 1 is 0.952 bits per heavy atom. The fraction of sp³-hybridized carbons (Fsp3) is 0.944. The number of nitrogens with one attached hydrogen (secondary N) is 1. The molecule has 2 rings (SSSR count). The van der Waals surface area contributed by atoms with E-state index in [1.54, 1.807) is 0 Å². The molecule has 0 heterocycles. The van der Waals surface area contributed by atoms with Crippen LogP contribution in [0.2, 0.25) is 0 Å². The van der Waals surface area contributed by atoms with Crippen LogP contribution in [0.15, 0.2) is 0 Å². The quantitative estimate of drug-likeness (QED) is 0.543. The van der Waals surface area contributed by atoms with Crippen molar-refractivity contribution >= 4 is 21.8 Å². The molecule has 21 heavy (non-hydrogen) atoms. The predicted molar refractivity (Wildman–Crippen MR) is 92.6 cm³/mol. The van der Waals surface area contributed by atoms with Crippen LogP contribution in [0.3, 0.4) is 0 Å². The first-order chi connectivity index (χ1) is 9.88. The lowest BCUT2D eigenvalue weighted by Crippen LogP contribution is -2.44. The van der Waals surface area contributed by atoms with Crippen molar-refractivity contribution in [2.24, 2.45) is 17.3 Å². The highest BCUT2D eigenvalue weighted by Gasteiger charge is 2.33. The van der Waals surface area contributed by atoms with E-state index in [-0.39, 0.29) is 5.92 Å². The monoisotopic (exact) mass is 357 g/mol. The summed E-state index contributed by atoms with van der Waals surface area (Å²) in [5.74, 6) is 1.36. The van der Waals surface area contributed by atoms with Crippen molar-refractivity contribution in [1.82, 2.24) is 5.32 Å². The molecule has 2 saturated carbocycles. The standard InChI is InChI=1S/C18H32BrNO/c1-18(2,3)14-11-9-13(10-12-14)17(21)20-16-8-6-4-5-7-15(16)19/h13-16H,4-12H2,1-3H3,(H,20,21). The third-order valence-electron chi connectivity index (χ3n) is 5.58. The minimum Gasteiger partial charge on any atom is -0.352 e. The van der Waals surface area contributed by atoms with E-state index in [4.69, 9.17) is 0 Å². The molecule has 122 valence electrons. The molecular formula is C18H32BrNO. The molecule has 0 saturated heterocycles. The van der Waals surface area contributed by atoms with E-state index in [0.717, 1.165) is 25.2 Å². The maximum absolute atomic E-state index is 12.5. The smallest absolute Gasteiger partial charge is 0.223 e. The maximum atomic E-state index is 12.5. The lowest BCUT2D eigenvalue weighted by molar-refractivity contribution is -0.127. The zero-order valence-electron chi connectivity index (χ0n) is 14.0. The van der Waals surface area contributed by atoms with E-state index < -0.39 is 0 Å². The fourth-order valence-corrected chi connectivity index (χ4v) is 4.67. The highest BCUT2D eigenvalue weighted by Crippen LogP contribution is 2.40. The van der Waals surface area contributed by atoms with Gasteiger partial charge in [0.1, 0.15) is 0 Å². The third-order valence-corrected chi connectivity index (χ3v) is 6.68. The molecule has 0 bridgehead atoms. The Kier molecular flexibility index (Phi) is 6.16. The Bertz CT molecular complexity index is 342. The van der Waals surface area contributed by atoms with E-state index in [9.17, 15) is 4.79 Å². The van der Waals surface area contributed by atoms with Crippen LogP contribution in [0.5, 0.6) is 0 Å². The van der Waals surface area contributed by atoms with Crippen LogP contribution in [0.25, 0.3) is 0 Å². The molecule has 0 spiro atoms. The summed E-state index contributed by atoms with van der Waals surface area (Å²) in [7, 11) is 0. The van der Waals surface area contributed by atoms with Crippen molar-refractivity contribution in [3.63, 3.8) is 0 Å². The number of hydrogen-bond donors (Lipinski definition) is 1. The lowest BCUT2D eigenvalue weighted by atomic mass is 9.69. The molecule has 0 radical (unpaired) electrons. The minimum atomic E-state index is 0.256. The summed E-state index contributed by atoms with van der Waals surface area (Å²) in [4.78, 5) is 13.0. The van der Waals surface area contributed by atoms with Crippen molar-refractivity contribution in [3.05, 3.63) is 0 Å². The summed E-state index contributed by atoms with van der Waals surface area (Å²) in [6, 6.07) is 0.348. The normalized spacial score (nSPS) is 35.0. The van der Waals surface area contributed by atoms with E-state index >= 15 is 0 Å². The van der Waals surface area contributed by atoms with Crippen molar-refractivity contribution in [2.45, 2.75) is 89.4 Å². The molecular weight excluding hydrogens is 326 g/mol. The molecule has 1 N–H and O–H groups in total. The predicted octanol–water partition coefficient (Wildman–Crippen LogP) is 5.05. The SMILES string of the molecule is CC(C)(C)C1CCC(C(=O)NC2CCCCCC2Br)CC1. The van der Waals surface area contributed by atoms with Gasteiger partial charge in [-0.25, -0.2) is 0 Å². The molecule has 1 amide bonds. The first kappa shape index (κ1) is 17.3. The van der Waals surface area contributed by atoms with Gasteiger partial charge in [0.25, 0.3) is 0 Å². The van der Waals surface area contributed by atoms with Gasteiger partial charge in [0.2, 0.25) is 5.91 Å². The number of carbonyl (C=O) groups excluding carboxylic acids is 1. The van der Waals surface area contributed by atoms with Crippen molar-refractivity contribution in [3.8, 4) is 0 Å². The highest BCUT2D eigenvalue weighted by molar-refractivity contribution is 9.09. The van der Waals surface area contributed by atoms with Gasteiger partial charge in [0.05, 0.1) is 0 Å². The Labute approximate surface area is 139 Å². The Hall–Kier alpha value is -0.0500. The average Bonchev–Trinajstić information content (AvgIpc) is 2.63. The van der Waals surface area contributed by atoms with Crippen LogP contribution in [-0.4, -0.2) is 16.8 Å². The highest BCUT2D eigenvalue weighted by atomic mass is 79.9. The summed E-state index contributed by atoms with van der Waals surface area (Å²) < 4.78 is 0. The van der Waals surface area contributed by atoms with Crippen molar-refractivity contribution in [1.29, 1.82) is 0 Å². The van der Waals surface area contributed by atoms with Crippen LogP contribution < -0.4 is 5.32 Å². The van der Waals surface area contributed by atoms with Gasteiger partial charge in [-0.15, -0.1) is 0 Å². The van der Waals surface area contributed by atoms with Crippen LogP contribution in [0.1, 0.15) is 78.6 Å². The van der Waals surface area contributed by atoms with Crippen LogP contribution in [-0.2, 0) is 4.79 Å². The molecule has 0 aliphatic heterocycles. The number of halogens is 1. The van der Waals surface area contributed by atoms with Gasteiger partial charge in [0, 0.05) is 16.8 Å². The Balaban J connectivity index is 1.81. The topological polar surface area (TPSA) is 29.1 Å². The fourth-order valence-electron chi connectivity index (χ4n) is 3.95. The molecule has 0 aromatic rings. The largest absolute Gasteiger partial charge is 0.352 e. The average molecular weight is 358 g/mol. The number of rotatable bonds is 2. The summed E-state index contributed by atoms with van der Waals surface area (Å²) in [6.07, 6.45) is 10.8. The molecule has 2 aliphatic carbocycles. The van der Waals surface area contributed by atoms with E-state index in [1.165, 1.54) is 38.5 Å². The van der Waals surface area contributed by atoms with E-state index in [0.29, 0.717) is 22.2 Å². The van der Waals surface area contributed by atoms with Crippen LogP contribution in [0.4, 0.5) is 0 Å². The second-order valence-electron chi connectivity index (χ2n) is 8.18. The van der Waals surface area contributed by atoms with Crippen LogP contribution in [0, 0.1) is 17.3 Å². The molecule has 2 atom stereocenters. The third kappa shape index (κ3) is 4.97. The van der Waals surface area contributed by atoms with Gasteiger partial charge >= 0.3 is 0 Å². The summed E-state index contributed by atoms with van der Waals surface area (Å²) in [5, 5.41) is 3.35. The number of hydrogen-bond acceptors (Lipinski definition) is 1. The Morgan fingerprint density at radius 3 is 2.19 bits per heavy atom. The number of carbonyl (C=O) groups is 1. The van der Waals surface area contributed by atoms with Crippen molar-refractivity contribution in [2.75, 3.05) is 0 Å². The van der Waals surface area contributed by atoms with Gasteiger partial charge in [-0.05, 0) is 49.9 Å². The summed E-state index contributed by atoms with van der Waals surface area (Å²) in [6.45, 7) is 7.00. The second kappa shape index (κ2) is 7.48. The van der Waals surface area contributed by atoms with Gasteiger partial charge in [0.15, 0.2) is 0 Å². The summed E-state index contributed by atoms with van der Waals surface area (Å²) in [5.41, 5.74) is 0.393. The number of amides is 1. The minimum absolute atomic E-state index is 0.256. The first-order valence-corrected chi connectivity index (χ1v) is 9.74. The first-order valence-electron chi connectivity index (χ1n) is 8.82. The van der Waals surface area contributed by atoms with Crippen LogP contribution >= 0.6 is 15.9 Å². The summed E-state index contributed by atoms with van der Waals surface area (Å²) >= 11 is 3.78. The van der Waals surface area contributed by atoms with Gasteiger partial charge in [-0.1, -0.05) is 56.0 Å². The zero-order valence-corrected chi connectivity index (χ0v) is 15.5. The number of alkyl halides is 1. The molecule has 0 aromatic carbocycles. The van der Waals surface area contributed by atoms with E-state index in [2.05, 4.69) is 42.0 Å². The van der Waals surface area contributed by atoms with Gasteiger partial charge < -0.3 is 5.32 Å². The second-order valence-corrected chi connectivity index (χ2v) is 9.36.